The fourth-order valence-corrected chi connectivity index (χ4v) is 2.30. The van der Waals surface area contributed by atoms with E-state index in [1.807, 2.05) is 6.92 Å². The molecule has 0 radical (unpaired) electrons. The minimum absolute atomic E-state index is 0.0554. The summed E-state index contributed by atoms with van der Waals surface area (Å²) in [7, 11) is 0. The number of hydrogen-bond acceptors (Lipinski definition) is 3. The van der Waals surface area contributed by atoms with Gasteiger partial charge in [-0.05, 0) is 34.5 Å². The van der Waals surface area contributed by atoms with Gasteiger partial charge in [0, 0.05) is 29.0 Å². The molecule has 0 bridgehead atoms. The maximum absolute atomic E-state index is 13.3. The highest BCUT2D eigenvalue weighted by Crippen LogP contribution is 2.24. The van der Waals surface area contributed by atoms with E-state index in [0.717, 1.165) is 6.42 Å². The average molecular weight is 326 g/mol. The molecule has 2 rings (SSSR count). The topological polar surface area (TPSA) is 60.9 Å². The fraction of sp³-hybridized carbons (Fsp3) is 0.231. The van der Waals surface area contributed by atoms with Crippen molar-refractivity contribution < 1.29 is 9.18 Å². The standard InChI is InChI=1S/C13H13BrFN3O/c1-2-4-18-5-3-17-13(18)12(19)8-6-11(16)10(15)7-9(8)14/h3,5-7H,2,4,16H2,1H3. The molecule has 2 N–H and O–H groups in total. The van der Waals surface area contributed by atoms with Crippen molar-refractivity contribution >= 4 is 27.4 Å². The van der Waals surface area contributed by atoms with Crippen molar-refractivity contribution in [2.45, 2.75) is 19.9 Å². The van der Waals surface area contributed by atoms with E-state index >= 15 is 0 Å². The van der Waals surface area contributed by atoms with Gasteiger partial charge in [0.15, 0.2) is 5.82 Å². The van der Waals surface area contributed by atoms with Gasteiger partial charge in [-0.1, -0.05) is 6.92 Å². The summed E-state index contributed by atoms with van der Waals surface area (Å²) in [6.45, 7) is 2.72. The second-order valence-corrected chi connectivity index (χ2v) is 4.98. The van der Waals surface area contributed by atoms with Crippen molar-refractivity contribution in [2.75, 3.05) is 5.73 Å². The molecule has 0 amide bonds. The third-order valence-corrected chi connectivity index (χ3v) is 3.37. The maximum Gasteiger partial charge on any atom is 0.229 e. The first-order chi connectivity index (χ1) is 9.04. The van der Waals surface area contributed by atoms with E-state index < -0.39 is 5.82 Å². The second-order valence-electron chi connectivity index (χ2n) is 4.13. The summed E-state index contributed by atoms with van der Waals surface area (Å²) >= 11 is 3.18. The number of anilines is 1. The van der Waals surface area contributed by atoms with E-state index in [9.17, 15) is 9.18 Å². The van der Waals surface area contributed by atoms with Gasteiger partial charge in [0.1, 0.15) is 5.82 Å². The van der Waals surface area contributed by atoms with E-state index in [-0.39, 0.29) is 11.5 Å². The molecule has 4 nitrogen and oxygen atoms in total. The summed E-state index contributed by atoms with van der Waals surface area (Å²) in [6.07, 6.45) is 4.21. The van der Waals surface area contributed by atoms with E-state index in [4.69, 9.17) is 5.73 Å². The van der Waals surface area contributed by atoms with Crippen molar-refractivity contribution in [2.24, 2.45) is 0 Å². The first kappa shape index (κ1) is 13.7. The highest BCUT2D eigenvalue weighted by Gasteiger charge is 2.19. The maximum atomic E-state index is 13.3. The summed E-state index contributed by atoms with van der Waals surface area (Å²) in [5, 5.41) is 0. The van der Waals surface area contributed by atoms with E-state index in [1.165, 1.54) is 12.1 Å². The molecule has 0 aliphatic rings. The van der Waals surface area contributed by atoms with Crippen LogP contribution >= 0.6 is 15.9 Å². The molecule has 0 aliphatic carbocycles. The molecule has 0 fully saturated rings. The monoisotopic (exact) mass is 325 g/mol. The smallest absolute Gasteiger partial charge is 0.229 e. The van der Waals surface area contributed by atoms with Crippen LogP contribution in [-0.4, -0.2) is 15.3 Å². The van der Waals surface area contributed by atoms with Crippen LogP contribution in [0.4, 0.5) is 10.1 Å². The molecular weight excluding hydrogens is 313 g/mol. The Balaban J connectivity index is 2.44. The van der Waals surface area contributed by atoms with Crippen molar-refractivity contribution in [3.05, 3.63) is 46.2 Å². The van der Waals surface area contributed by atoms with Gasteiger partial charge in [-0.15, -0.1) is 0 Å². The number of nitrogens with zero attached hydrogens (tertiary/aromatic N) is 2. The Morgan fingerprint density at radius 2 is 2.26 bits per heavy atom. The SMILES string of the molecule is CCCn1ccnc1C(=O)c1cc(N)c(F)cc1Br. The Labute approximate surface area is 118 Å². The lowest BCUT2D eigenvalue weighted by molar-refractivity contribution is 0.102. The predicted molar refractivity (Wildman–Crippen MR) is 74.5 cm³/mol. The highest BCUT2D eigenvalue weighted by atomic mass is 79.9. The number of nitrogens with two attached hydrogens (primary N) is 1. The van der Waals surface area contributed by atoms with E-state index in [0.29, 0.717) is 22.4 Å². The van der Waals surface area contributed by atoms with Crippen LogP contribution in [0.1, 0.15) is 29.5 Å². The molecular formula is C13H13BrFN3O. The van der Waals surface area contributed by atoms with Crippen molar-refractivity contribution in [1.29, 1.82) is 0 Å². The third-order valence-electron chi connectivity index (χ3n) is 2.71. The minimum atomic E-state index is -0.555. The molecule has 100 valence electrons. The molecule has 1 aromatic carbocycles. The summed E-state index contributed by atoms with van der Waals surface area (Å²) in [5.74, 6) is -0.508. The number of carbonyl (C=O) groups is 1. The minimum Gasteiger partial charge on any atom is -0.396 e. The normalized spacial score (nSPS) is 10.7. The number of aromatic nitrogens is 2. The lowest BCUT2D eigenvalue weighted by Gasteiger charge is -2.08. The van der Waals surface area contributed by atoms with Crippen LogP contribution < -0.4 is 5.73 Å². The van der Waals surface area contributed by atoms with Gasteiger partial charge in [0.25, 0.3) is 0 Å². The van der Waals surface area contributed by atoms with Gasteiger partial charge in [0.05, 0.1) is 5.69 Å². The molecule has 0 atom stereocenters. The number of ketones is 1. The molecule has 2 aromatic rings. The Bertz CT molecular complexity index is 624. The largest absolute Gasteiger partial charge is 0.396 e. The Morgan fingerprint density at radius 3 is 2.95 bits per heavy atom. The number of benzene rings is 1. The fourth-order valence-electron chi connectivity index (χ4n) is 1.80. The van der Waals surface area contributed by atoms with Crippen LogP contribution in [0.5, 0.6) is 0 Å². The predicted octanol–water partition coefficient (Wildman–Crippen LogP) is 3.01. The van der Waals surface area contributed by atoms with Crippen LogP contribution in [0.2, 0.25) is 0 Å². The summed E-state index contributed by atoms with van der Waals surface area (Å²) in [6, 6.07) is 2.52. The quantitative estimate of drug-likeness (QED) is 0.694. The molecule has 1 heterocycles. The molecule has 6 heteroatoms. The number of aryl methyl sites for hydroxylation is 1. The van der Waals surface area contributed by atoms with Crippen LogP contribution in [0.15, 0.2) is 29.0 Å². The van der Waals surface area contributed by atoms with E-state index in [2.05, 4.69) is 20.9 Å². The zero-order valence-corrected chi connectivity index (χ0v) is 11.9. The first-order valence-electron chi connectivity index (χ1n) is 5.85. The van der Waals surface area contributed by atoms with Crippen LogP contribution in [0.25, 0.3) is 0 Å². The Kier molecular flexibility index (Phi) is 3.99. The number of hydrogen-bond donors (Lipinski definition) is 1. The zero-order chi connectivity index (χ0) is 14.0. The van der Waals surface area contributed by atoms with Crippen molar-refractivity contribution in [1.82, 2.24) is 9.55 Å². The third kappa shape index (κ3) is 2.68. The van der Waals surface area contributed by atoms with Crippen molar-refractivity contribution in [3.8, 4) is 0 Å². The Hall–Kier alpha value is -1.69. The second kappa shape index (κ2) is 5.52. The number of rotatable bonds is 4. The number of carbonyl (C=O) groups excluding carboxylic acids is 1. The molecule has 19 heavy (non-hydrogen) atoms. The molecule has 0 aliphatic heterocycles. The van der Waals surface area contributed by atoms with Crippen molar-refractivity contribution in [3.63, 3.8) is 0 Å². The summed E-state index contributed by atoms with van der Waals surface area (Å²) in [5.41, 5.74) is 5.75. The molecule has 0 saturated heterocycles. The molecule has 0 saturated carbocycles. The van der Waals surface area contributed by atoms with Crippen LogP contribution in [-0.2, 0) is 6.54 Å². The summed E-state index contributed by atoms with van der Waals surface area (Å²) in [4.78, 5) is 16.5. The highest BCUT2D eigenvalue weighted by molar-refractivity contribution is 9.10. The van der Waals surface area contributed by atoms with Gasteiger partial charge < -0.3 is 10.3 Å². The van der Waals surface area contributed by atoms with Gasteiger partial charge >= 0.3 is 0 Å². The lowest BCUT2D eigenvalue weighted by Crippen LogP contribution is -2.12. The van der Waals surface area contributed by atoms with Gasteiger partial charge in [-0.3, -0.25) is 4.79 Å². The van der Waals surface area contributed by atoms with Gasteiger partial charge in [-0.25, -0.2) is 9.37 Å². The molecule has 1 aromatic heterocycles. The zero-order valence-electron chi connectivity index (χ0n) is 10.4. The number of imidazole rings is 1. The first-order valence-corrected chi connectivity index (χ1v) is 6.64. The Morgan fingerprint density at radius 1 is 1.53 bits per heavy atom. The van der Waals surface area contributed by atoms with E-state index in [1.54, 1.807) is 17.0 Å². The van der Waals surface area contributed by atoms with Gasteiger partial charge in [-0.2, -0.15) is 0 Å². The average Bonchev–Trinajstić information content (AvgIpc) is 2.82. The number of halogens is 2. The van der Waals surface area contributed by atoms with Gasteiger partial charge in [0.2, 0.25) is 5.78 Å². The number of nitrogen functional groups attached to an aromatic ring is 1. The van der Waals surface area contributed by atoms with Crippen LogP contribution in [0.3, 0.4) is 0 Å². The van der Waals surface area contributed by atoms with Crippen LogP contribution in [0, 0.1) is 5.82 Å². The molecule has 0 unspecified atom stereocenters. The lowest BCUT2D eigenvalue weighted by atomic mass is 10.1. The summed E-state index contributed by atoms with van der Waals surface area (Å²) < 4.78 is 15.4. The molecule has 0 spiro atoms.